The number of amides is 2. The first kappa shape index (κ1) is 22.2. The molecule has 1 N–H and O–H groups in total. The summed E-state index contributed by atoms with van der Waals surface area (Å²) < 4.78 is 6.76. The van der Waals surface area contributed by atoms with Crippen molar-refractivity contribution in [2.24, 2.45) is 0 Å². The minimum atomic E-state index is -0.0542. The molecule has 2 aromatic heterocycles. The number of carbonyl (C=O) groups is 2. The Labute approximate surface area is 210 Å². The van der Waals surface area contributed by atoms with Gasteiger partial charge in [-0.15, -0.1) is 5.10 Å². The van der Waals surface area contributed by atoms with Crippen LogP contribution in [0.1, 0.15) is 33.8 Å². The van der Waals surface area contributed by atoms with E-state index in [2.05, 4.69) is 36.2 Å². The highest BCUT2D eigenvalue weighted by Gasteiger charge is 2.31. The highest BCUT2D eigenvalue weighted by atomic mass is 79.9. The topological polar surface area (TPSA) is 98.6 Å². The van der Waals surface area contributed by atoms with Crippen molar-refractivity contribution >= 4 is 49.7 Å². The predicted octanol–water partition coefficient (Wildman–Crippen LogP) is 3.53. The molecule has 6 rings (SSSR count). The van der Waals surface area contributed by atoms with E-state index in [0.717, 1.165) is 60.0 Å². The second-order valence-electron chi connectivity index (χ2n) is 9.19. The molecular formula is C25H25BrN6O3. The molecular weight excluding hydrogens is 512 g/mol. The van der Waals surface area contributed by atoms with Crippen molar-refractivity contribution in [3.05, 3.63) is 58.3 Å². The third-order valence-corrected chi connectivity index (χ3v) is 7.62. The Kier molecular flexibility index (Phi) is 5.77. The summed E-state index contributed by atoms with van der Waals surface area (Å²) in [4.78, 5) is 32.3. The first-order valence-corrected chi connectivity index (χ1v) is 12.7. The van der Waals surface area contributed by atoms with Crippen molar-refractivity contribution in [2.75, 3.05) is 39.3 Å². The lowest BCUT2D eigenvalue weighted by molar-refractivity contribution is 0.0398. The van der Waals surface area contributed by atoms with Crippen LogP contribution in [0, 0.1) is 0 Å². The number of nitrogens with one attached hydrogen (secondary N) is 1. The highest BCUT2D eigenvalue weighted by molar-refractivity contribution is 9.10. The molecule has 0 saturated carbocycles. The molecule has 2 fully saturated rings. The average Bonchev–Trinajstić information content (AvgIpc) is 3.54. The van der Waals surface area contributed by atoms with Crippen molar-refractivity contribution in [2.45, 2.75) is 18.9 Å². The SMILES string of the molecule is O=C(c1ccc2[nH]nnc2c1)N1CCC(N2CCN(C(=O)c3cc4cc(Br)ccc4o3)CC2)CC1. The fraction of sp³-hybridized carbons (Fsp3) is 0.360. The number of piperidine rings is 1. The number of nitrogens with zero attached hydrogens (tertiary/aromatic N) is 5. The van der Waals surface area contributed by atoms with Crippen LogP contribution in [0.2, 0.25) is 0 Å². The number of hydrogen-bond acceptors (Lipinski definition) is 6. The number of piperazine rings is 1. The van der Waals surface area contributed by atoms with Crippen molar-refractivity contribution in [1.29, 1.82) is 0 Å². The maximum Gasteiger partial charge on any atom is 0.289 e. The largest absolute Gasteiger partial charge is 0.451 e. The number of likely N-dealkylation sites (tertiary alicyclic amines) is 1. The zero-order valence-corrected chi connectivity index (χ0v) is 20.7. The molecule has 9 nitrogen and oxygen atoms in total. The summed E-state index contributed by atoms with van der Waals surface area (Å²) in [5.74, 6) is 0.380. The molecule has 0 spiro atoms. The van der Waals surface area contributed by atoms with E-state index in [4.69, 9.17) is 4.42 Å². The van der Waals surface area contributed by atoms with Gasteiger partial charge in [-0.1, -0.05) is 21.1 Å². The van der Waals surface area contributed by atoms with Crippen LogP contribution in [0.15, 0.2) is 51.4 Å². The Balaban J connectivity index is 1.03. The van der Waals surface area contributed by atoms with E-state index in [0.29, 0.717) is 36.0 Å². The van der Waals surface area contributed by atoms with Gasteiger partial charge < -0.3 is 14.2 Å². The molecule has 2 aliphatic rings. The first-order valence-electron chi connectivity index (χ1n) is 11.9. The van der Waals surface area contributed by atoms with Crippen molar-refractivity contribution in [3.8, 4) is 0 Å². The van der Waals surface area contributed by atoms with Crippen molar-refractivity contribution < 1.29 is 14.0 Å². The standard InChI is InChI=1S/C25H25BrN6O3/c26-18-2-4-22-17(13-18)15-23(35-22)25(34)32-11-9-30(10-12-32)19-5-7-31(8-6-19)24(33)16-1-3-20-21(14-16)28-29-27-20/h1-4,13-15,19H,5-12H2,(H,27,28,29). The Hall–Kier alpha value is -3.24. The summed E-state index contributed by atoms with van der Waals surface area (Å²) in [6.45, 7) is 4.48. The Morgan fingerprint density at radius 1 is 0.914 bits per heavy atom. The molecule has 180 valence electrons. The lowest BCUT2D eigenvalue weighted by Crippen LogP contribution is -2.54. The van der Waals surface area contributed by atoms with E-state index in [1.54, 1.807) is 6.07 Å². The Bertz CT molecular complexity index is 1400. The molecule has 2 amide bonds. The van der Waals surface area contributed by atoms with Gasteiger partial charge in [-0.05, 0) is 55.3 Å². The molecule has 2 aliphatic heterocycles. The highest BCUT2D eigenvalue weighted by Crippen LogP contribution is 2.25. The number of aromatic nitrogens is 3. The number of furan rings is 1. The number of hydrogen-bond donors (Lipinski definition) is 1. The van der Waals surface area contributed by atoms with E-state index >= 15 is 0 Å². The van der Waals surface area contributed by atoms with Crippen LogP contribution in [0.3, 0.4) is 0 Å². The smallest absolute Gasteiger partial charge is 0.289 e. The molecule has 0 bridgehead atoms. The van der Waals surface area contributed by atoms with E-state index in [9.17, 15) is 9.59 Å². The van der Waals surface area contributed by atoms with Crippen LogP contribution < -0.4 is 0 Å². The van der Waals surface area contributed by atoms with Gasteiger partial charge in [0.05, 0.1) is 5.52 Å². The molecule has 0 aliphatic carbocycles. The minimum Gasteiger partial charge on any atom is -0.451 e. The summed E-state index contributed by atoms with van der Waals surface area (Å²) in [5.41, 5.74) is 2.90. The van der Waals surface area contributed by atoms with Gasteiger partial charge in [0, 0.05) is 60.7 Å². The predicted molar refractivity (Wildman–Crippen MR) is 134 cm³/mol. The number of rotatable bonds is 3. The third kappa shape index (κ3) is 4.32. The van der Waals surface area contributed by atoms with Crippen LogP contribution in [0.25, 0.3) is 22.0 Å². The van der Waals surface area contributed by atoms with Gasteiger partial charge in [-0.25, -0.2) is 0 Å². The first-order chi connectivity index (χ1) is 17.0. The Morgan fingerprint density at radius 3 is 2.49 bits per heavy atom. The molecule has 0 radical (unpaired) electrons. The number of fused-ring (bicyclic) bond motifs is 2. The summed E-state index contributed by atoms with van der Waals surface area (Å²) in [5, 5.41) is 11.5. The zero-order chi connectivity index (χ0) is 23.9. The summed E-state index contributed by atoms with van der Waals surface area (Å²) >= 11 is 3.46. The lowest BCUT2D eigenvalue weighted by Gasteiger charge is -2.42. The zero-order valence-electron chi connectivity index (χ0n) is 19.1. The van der Waals surface area contributed by atoms with Crippen LogP contribution in [-0.2, 0) is 0 Å². The summed E-state index contributed by atoms with van der Waals surface area (Å²) in [6, 6.07) is 13.5. The maximum atomic E-state index is 13.0. The van der Waals surface area contributed by atoms with E-state index in [1.807, 2.05) is 46.2 Å². The fourth-order valence-corrected chi connectivity index (χ4v) is 5.54. The number of halogens is 1. The molecule has 0 unspecified atom stereocenters. The van der Waals surface area contributed by atoms with Gasteiger partial charge in [0.1, 0.15) is 11.1 Å². The van der Waals surface area contributed by atoms with Crippen molar-refractivity contribution in [1.82, 2.24) is 30.1 Å². The van der Waals surface area contributed by atoms with Crippen LogP contribution in [0.4, 0.5) is 0 Å². The second kappa shape index (κ2) is 9.09. The van der Waals surface area contributed by atoms with Crippen LogP contribution in [-0.4, -0.2) is 87.2 Å². The number of benzene rings is 2. The van der Waals surface area contributed by atoms with Crippen LogP contribution in [0.5, 0.6) is 0 Å². The lowest BCUT2D eigenvalue weighted by atomic mass is 10.0. The van der Waals surface area contributed by atoms with Gasteiger partial charge in [0.15, 0.2) is 5.76 Å². The average molecular weight is 537 g/mol. The van der Waals surface area contributed by atoms with Crippen LogP contribution >= 0.6 is 15.9 Å². The summed E-state index contributed by atoms with van der Waals surface area (Å²) in [7, 11) is 0. The van der Waals surface area contributed by atoms with Gasteiger partial charge in [0.25, 0.3) is 11.8 Å². The summed E-state index contributed by atoms with van der Waals surface area (Å²) in [6.07, 6.45) is 1.87. The molecule has 4 aromatic rings. The van der Waals surface area contributed by atoms with E-state index < -0.39 is 0 Å². The van der Waals surface area contributed by atoms with Gasteiger partial charge in [-0.2, -0.15) is 0 Å². The normalized spacial score (nSPS) is 18.0. The molecule has 2 saturated heterocycles. The molecule has 35 heavy (non-hydrogen) atoms. The van der Waals surface area contributed by atoms with Gasteiger partial charge in [-0.3, -0.25) is 19.6 Å². The minimum absolute atomic E-state index is 0.0432. The van der Waals surface area contributed by atoms with Crippen molar-refractivity contribution in [3.63, 3.8) is 0 Å². The van der Waals surface area contributed by atoms with E-state index in [-0.39, 0.29) is 11.8 Å². The monoisotopic (exact) mass is 536 g/mol. The molecule has 2 aromatic carbocycles. The fourth-order valence-electron chi connectivity index (χ4n) is 5.16. The molecule has 0 atom stereocenters. The quantitative estimate of drug-likeness (QED) is 0.430. The maximum absolute atomic E-state index is 13.0. The number of aromatic amines is 1. The third-order valence-electron chi connectivity index (χ3n) is 7.13. The molecule has 10 heteroatoms. The second-order valence-corrected chi connectivity index (χ2v) is 10.1. The number of carbonyl (C=O) groups excluding carboxylic acids is 2. The van der Waals surface area contributed by atoms with Gasteiger partial charge >= 0.3 is 0 Å². The number of H-pyrrole nitrogens is 1. The Morgan fingerprint density at radius 2 is 1.69 bits per heavy atom. The van der Waals surface area contributed by atoms with Gasteiger partial charge in [0.2, 0.25) is 0 Å². The molecule has 4 heterocycles. The van der Waals surface area contributed by atoms with E-state index in [1.165, 1.54) is 0 Å².